The van der Waals surface area contributed by atoms with Gasteiger partial charge in [0.25, 0.3) is 0 Å². The summed E-state index contributed by atoms with van der Waals surface area (Å²) in [6.45, 7) is 4.02. The Balaban J connectivity index is 1.39. The van der Waals surface area contributed by atoms with Crippen LogP contribution >= 0.6 is 0 Å². The number of rotatable bonds is 6. The van der Waals surface area contributed by atoms with Gasteiger partial charge in [0.1, 0.15) is 12.6 Å². The molecule has 0 unspecified atom stereocenters. The van der Waals surface area contributed by atoms with E-state index in [1.807, 2.05) is 13.8 Å². The van der Waals surface area contributed by atoms with Crippen LogP contribution in [0.25, 0.3) is 0 Å². The maximum atomic E-state index is 13.3. The molecule has 1 atom stereocenters. The molecule has 0 heterocycles. The molecular weight excluding hydrogens is 364 g/mol. The Bertz CT molecular complexity index is 786. The summed E-state index contributed by atoms with van der Waals surface area (Å²) in [6.07, 6.45) is 6.80. The Morgan fingerprint density at radius 2 is 1.66 bits per heavy atom. The molecule has 1 amide bonds. The van der Waals surface area contributed by atoms with Crippen LogP contribution in [0.5, 0.6) is 0 Å². The smallest absolute Gasteiger partial charge is 0.329 e. The first-order valence-corrected chi connectivity index (χ1v) is 10.8. The summed E-state index contributed by atoms with van der Waals surface area (Å²) in [6, 6.07) is 8.42. The third-order valence-electron chi connectivity index (χ3n) is 7.19. The van der Waals surface area contributed by atoms with E-state index in [1.165, 1.54) is 19.3 Å². The molecule has 1 aromatic rings. The molecule has 0 radical (unpaired) electrons. The Morgan fingerprint density at radius 3 is 2.14 bits per heavy atom. The number of benzene rings is 1. The van der Waals surface area contributed by atoms with Crippen molar-refractivity contribution in [1.29, 1.82) is 5.26 Å². The third-order valence-corrected chi connectivity index (χ3v) is 7.19. The van der Waals surface area contributed by atoms with Crippen LogP contribution < -0.4 is 5.32 Å². The topological polar surface area (TPSA) is 79.2 Å². The van der Waals surface area contributed by atoms with Crippen molar-refractivity contribution < 1.29 is 14.3 Å². The molecule has 4 aliphatic carbocycles. The second-order valence-corrected chi connectivity index (χ2v) is 9.81. The molecular formula is C24H30N2O3. The van der Waals surface area contributed by atoms with Gasteiger partial charge in [0.05, 0.1) is 11.6 Å². The molecule has 4 fully saturated rings. The highest BCUT2D eigenvalue weighted by Crippen LogP contribution is 2.60. The fourth-order valence-electron chi connectivity index (χ4n) is 6.10. The molecule has 1 aromatic carbocycles. The Labute approximate surface area is 172 Å². The van der Waals surface area contributed by atoms with Crippen molar-refractivity contribution in [2.24, 2.45) is 29.1 Å². The van der Waals surface area contributed by atoms with Gasteiger partial charge in [-0.15, -0.1) is 0 Å². The van der Waals surface area contributed by atoms with E-state index in [0.717, 1.165) is 24.8 Å². The molecule has 0 spiro atoms. The molecule has 4 aliphatic rings. The zero-order valence-corrected chi connectivity index (χ0v) is 17.3. The van der Waals surface area contributed by atoms with Crippen LogP contribution in [0.4, 0.5) is 0 Å². The number of nitrogens with zero attached hydrogens (tertiary/aromatic N) is 1. The fourth-order valence-corrected chi connectivity index (χ4v) is 6.10. The lowest BCUT2D eigenvalue weighted by Gasteiger charge is -2.55. The number of nitriles is 1. The van der Waals surface area contributed by atoms with Crippen LogP contribution in [0.1, 0.15) is 63.5 Å². The average Bonchev–Trinajstić information content (AvgIpc) is 2.69. The quantitative estimate of drug-likeness (QED) is 0.741. The second-order valence-electron chi connectivity index (χ2n) is 9.81. The highest BCUT2D eigenvalue weighted by Gasteiger charge is 2.55. The molecule has 5 nitrogen and oxygen atoms in total. The number of ether oxygens (including phenoxy) is 1. The molecule has 4 bridgehead atoms. The average molecular weight is 395 g/mol. The van der Waals surface area contributed by atoms with Crippen molar-refractivity contribution in [2.75, 3.05) is 0 Å². The Kier molecular flexibility index (Phi) is 5.38. The number of carbonyl (C=O) groups is 2. The number of esters is 1. The lowest BCUT2D eigenvalue weighted by atomic mass is 9.49. The zero-order valence-electron chi connectivity index (χ0n) is 17.3. The third kappa shape index (κ3) is 4.03. The summed E-state index contributed by atoms with van der Waals surface area (Å²) in [5.74, 6) is 1.70. The second kappa shape index (κ2) is 7.82. The lowest BCUT2D eigenvalue weighted by Crippen LogP contribution is -2.57. The highest BCUT2D eigenvalue weighted by atomic mass is 16.5. The van der Waals surface area contributed by atoms with Gasteiger partial charge in [0.15, 0.2) is 0 Å². The van der Waals surface area contributed by atoms with E-state index in [1.54, 1.807) is 24.3 Å². The standard InChI is InChI=1S/C24H30N2O3/c1-15(2)21(22(27)29-14-17-5-3-16(13-25)4-6-17)26-23(28)24-10-18-7-19(11-24)9-20(8-18)12-24/h3-6,15,18-21H,7-12,14H2,1-2H3,(H,26,28)/t18?,19?,20?,21-,24?/m1/s1. The summed E-state index contributed by atoms with van der Waals surface area (Å²) < 4.78 is 5.51. The number of nitrogens with one attached hydrogen (secondary N) is 1. The number of hydrogen-bond donors (Lipinski definition) is 1. The largest absolute Gasteiger partial charge is 0.459 e. The van der Waals surface area contributed by atoms with E-state index in [4.69, 9.17) is 10.00 Å². The van der Waals surface area contributed by atoms with Gasteiger partial charge in [-0.1, -0.05) is 26.0 Å². The fraction of sp³-hybridized carbons (Fsp3) is 0.625. The molecule has 4 saturated carbocycles. The van der Waals surface area contributed by atoms with E-state index < -0.39 is 6.04 Å². The SMILES string of the molecule is CC(C)[C@@H](NC(=O)C12CC3CC(CC(C3)C1)C2)C(=O)OCc1ccc(C#N)cc1. The molecule has 0 saturated heterocycles. The molecule has 5 heteroatoms. The van der Waals surface area contributed by atoms with Crippen molar-refractivity contribution >= 4 is 11.9 Å². The van der Waals surface area contributed by atoms with Gasteiger partial charge in [0, 0.05) is 5.41 Å². The first kappa shape index (κ1) is 19.9. The van der Waals surface area contributed by atoms with E-state index in [-0.39, 0.29) is 29.8 Å². The summed E-state index contributed by atoms with van der Waals surface area (Å²) >= 11 is 0. The lowest BCUT2D eigenvalue weighted by molar-refractivity contribution is -0.156. The van der Waals surface area contributed by atoms with Gasteiger partial charge in [-0.05, 0) is 79.9 Å². The van der Waals surface area contributed by atoms with E-state index >= 15 is 0 Å². The monoisotopic (exact) mass is 394 g/mol. The first-order valence-electron chi connectivity index (χ1n) is 10.8. The minimum absolute atomic E-state index is 0.0404. The molecule has 1 N–H and O–H groups in total. The number of carbonyl (C=O) groups excluding carboxylic acids is 2. The maximum Gasteiger partial charge on any atom is 0.329 e. The highest BCUT2D eigenvalue weighted by molar-refractivity contribution is 5.88. The Morgan fingerprint density at radius 1 is 1.10 bits per heavy atom. The minimum atomic E-state index is -0.631. The van der Waals surface area contributed by atoms with Gasteiger partial charge < -0.3 is 10.1 Å². The molecule has 154 valence electrons. The van der Waals surface area contributed by atoms with Crippen LogP contribution in [0, 0.1) is 40.4 Å². The van der Waals surface area contributed by atoms with Crippen molar-refractivity contribution in [1.82, 2.24) is 5.32 Å². The zero-order chi connectivity index (χ0) is 20.6. The van der Waals surface area contributed by atoms with Crippen LogP contribution in [0.2, 0.25) is 0 Å². The summed E-state index contributed by atoms with van der Waals surface area (Å²) in [5.41, 5.74) is 1.13. The summed E-state index contributed by atoms with van der Waals surface area (Å²) in [5, 5.41) is 11.9. The summed E-state index contributed by atoms with van der Waals surface area (Å²) in [4.78, 5) is 26.1. The maximum absolute atomic E-state index is 13.3. The number of amides is 1. The molecule has 29 heavy (non-hydrogen) atoms. The van der Waals surface area contributed by atoms with Crippen molar-refractivity contribution in [3.8, 4) is 6.07 Å². The van der Waals surface area contributed by atoms with Gasteiger partial charge in [-0.2, -0.15) is 5.26 Å². The normalized spacial score (nSPS) is 30.6. The molecule has 0 aliphatic heterocycles. The molecule has 5 rings (SSSR count). The van der Waals surface area contributed by atoms with E-state index in [0.29, 0.717) is 23.3 Å². The molecule has 0 aromatic heterocycles. The Hall–Kier alpha value is -2.35. The van der Waals surface area contributed by atoms with Crippen LogP contribution in [0.15, 0.2) is 24.3 Å². The van der Waals surface area contributed by atoms with Crippen LogP contribution in [-0.4, -0.2) is 17.9 Å². The first-order chi connectivity index (χ1) is 13.9. The van der Waals surface area contributed by atoms with Crippen molar-refractivity contribution in [3.63, 3.8) is 0 Å². The van der Waals surface area contributed by atoms with Gasteiger partial charge in [0.2, 0.25) is 5.91 Å². The predicted octanol–water partition coefficient (Wildman–Crippen LogP) is 3.96. The summed E-state index contributed by atoms with van der Waals surface area (Å²) in [7, 11) is 0. The van der Waals surface area contributed by atoms with Gasteiger partial charge >= 0.3 is 5.97 Å². The van der Waals surface area contributed by atoms with Crippen molar-refractivity contribution in [3.05, 3.63) is 35.4 Å². The van der Waals surface area contributed by atoms with Gasteiger partial charge in [-0.3, -0.25) is 4.79 Å². The van der Waals surface area contributed by atoms with Crippen molar-refractivity contribution in [2.45, 2.75) is 65.0 Å². The minimum Gasteiger partial charge on any atom is -0.459 e. The number of hydrogen-bond acceptors (Lipinski definition) is 4. The van der Waals surface area contributed by atoms with Crippen LogP contribution in [-0.2, 0) is 20.9 Å². The van der Waals surface area contributed by atoms with E-state index in [2.05, 4.69) is 11.4 Å². The van der Waals surface area contributed by atoms with Crippen LogP contribution in [0.3, 0.4) is 0 Å². The van der Waals surface area contributed by atoms with Gasteiger partial charge in [-0.25, -0.2) is 4.79 Å². The van der Waals surface area contributed by atoms with E-state index in [9.17, 15) is 9.59 Å². The predicted molar refractivity (Wildman–Crippen MR) is 108 cm³/mol.